The highest BCUT2D eigenvalue weighted by atomic mass is 79.9. The third-order valence-electron chi connectivity index (χ3n) is 4.92. The van der Waals surface area contributed by atoms with Gasteiger partial charge in [0.1, 0.15) is 0 Å². The van der Waals surface area contributed by atoms with Crippen molar-refractivity contribution in [1.82, 2.24) is 9.88 Å². The van der Waals surface area contributed by atoms with Gasteiger partial charge in [-0.25, -0.2) is 9.78 Å². The van der Waals surface area contributed by atoms with Crippen LogP contribution in [0.1, 0.15) is 31.2 Å². The summed E-state index contributed by atoms with van der Waals surface area (Å²) in [7, 11) is 0. The first-order valence-electron chi connectivity index (χ1n) is 9.23. The van der Waals surface area contributed by atoms with Gasteiger partial charge in [0.05, 0.1) is 5.69 Å². The lowest BCUT2D eigenvalue weighted by molar-refractivity contribution is 0.206. The van der Waals surface area contributed by atoms with E-state index in [9.17, 15) is 4.79 Å². The van der Waals surface area contributed by atoms with Crippen LogP contribution in [0.4, 0.5) is 16.3 Å². The van der Waals surface area contributed by atoms with Crippen LogP contribution >= 0.6 is 15.9 Å². The van der Waals surface area contributed by atoms with Crippen molar-refractivity contribution in [3.05, 3.63) is 52.6 Å². The summed E-state index contributed by atoms with van der Waals surface area (Å²) in [5, 5.41) is 3.11. The highest BCUT2D eigenvalue weighted by Gasteiger charge is 2.33. The van der Waals surface area contributed by atoms with E-state index in [4.69, 9.17) is 0 Å². The maximum absolute atomic E-state index is 13.0. The number of pyridine rings is 1. The number of benzene rings is 1. The maximum Gasteiger partial charge on any atom is 0.322 e. The Hall–Kier alpha value is -2.08. The number of hydrogen-bond donors (Lipinski definition) is 1. The fraction of sp³-hybridized carbons (Fsp3) is 0.400. The van der Waals surface area contributed by atoms with Gasteiger partial charge >= 0.3 is 6.03 Å². The minimum absolute atomic E-state index is 0.0408. The summed E-state index contributed by atoms with van der Waals surface area (Å²) in [6, 6.07) is 12.3. The van der Waals surface area contributed by atoms with E-state index in [-0.39, 0.29) is 6.03 Å². The Morgan fingerprint density at radius 1 is 1.23 bits per heavy atom. The number of halogens is 1. The first-order chi connectivity index (χ1) is 12.7. The molecule has 1 saturated heterocycles. The van der Waals surface area contributed by atoms with E-state index in [1.54, 1.807) is 6.20 Å². The van der Waals surface area contributed by atoms with Crippen molar-refractivity contribution in [3.63, 3.8) is 0 Å². The molecule has 1 aromatic heterocycles. The fourth-order valence-electron chi connectivity index (χ4n) is 3.45. The fourth-order valence-corrected chi connectivity index (χ4v) is 3.89. The van der Waals surface area contributed by atoms with Crippen LogP contribution in [-0.4, -0.2) is 35.0 Å². The quantitative estimate of drug-likeness (QED) is 0.774. The molecule has 6 heteroatoms. The zero-order valence-corrected chi connectivity index (χ0v) is 16.3. The molecule has 1 saturated carbocycles. The van der Waals surface area contributed by atoms with Crippen LogP contribution in [-0.2, 0) is 6.54 Å². The maximum atomic E-state index is 13.0. The average molecular weight is 415 g/mol. The van der Waals surface area contributed by atoms with Crippen molar-refractivity contribution in [2.24, 2.45) is 0 Å². The van der Waals surface area contributed by atoms with Crippen molar-refractivity contribution in [1.29, 1.82) is 0 Å². The number of amides is 2. The predicted molar refractivity (Wildman–Crippen MR) is 107 cm³/mol. The number of rotatable bonds is 5. The topological polar surface area (TPSA) is 48.5 Å². The second kappa shape index (κ2) is 7.66. The summed E-state index contributed by atoms with van der Waals surface area (Å²) in [6.07, 6.45) is 6.31. The molecular weight excluding hydrogens is 392 g/mol. The normalized spacial score (nSPS) is 16.6. The molecule has 1 N–H and O–H groups in total. The van der Waals surface area contributed by atoms with Crippen molar-refractivity contribution in [2.75, 3.05) is 23.3 Å². The number of nitrogens with one attached hydrogen (secondary N) is 1. The van der Waals surface area contributed by atoms with Gasteiger partial charge in [0.15, 0.2) is 5.82 Å². The Balaban J connectivity index is 1.51. The van der Waals surface area contributed by atoms with Gasteiger partial charge in [-0.2, -0.15) is 0 Å². The van der Waals surface area contributed by atoms with Gasteiger partial charge < -0.3 is 15.1 Å². The van der Waals surface area contributed by atoms with E-state index < -0.39 is 0 Å². The van der Waals surface area contributed by atoms with Gasteiger partial charge in [0, 0.05) is 36.3 Å². The summed E-state index contributed by atoms with van der Waals surface area (Å²) >= 11 is 3.51. The first kappa shape index (κ1) is 17.3. The van der Waals surface area contributed by atoms with Crippen LogP contribution in [0.3, 0.4) is 0 Å². The smallest absolute Gasteiger partial charge is 0.322 e. The van der Waals surface area contributed by atoms with Crippen molar-refractivity contribution < 1.29 is 4.79 Å². The van der Waals surface area contributed by atoms with Gasteiger partial charge in [-0.1, -0.05) is 28.1 Å². The molecule has 2 heterocycles. The van der Waals surface area contributed by atoms with Gasteiger partial charge in [0.2, 0.25) is 0 Å². The monoisotopic (exact) mass is 414 g/mol. The van der Waals surface area contributed by atoms with Crippen molar-refractivity contribution >= 4 is 33.5 Å². The van der Waals surface area contributed by atoms with E-state index in [1.807, 2.05) is 29.2 Å². The van der Waals surface area contributed by atoms with E-state index in [2.05, 4.69) is 43.3 Å². The molecule has 2 aliphatic rings. The Bertz CT molecular complexity index is 787. The number of urea groups is 1. The molecule has 2 fully saturated rings. The van der Waals surface area contributed by atoms with Crippen LogP contribution in [0.15, 0.2) is 47.1 Å². The van der Waals surface area contributed by atoms with Crippen LogP contribution in [0, 0.1) is 0 Å². The van der Waals surface area contributed by atoms with Crippen molar-refractivity contribution in [3.8, 4) is 0 Å². The summed E-state index contributed by atoms with van der Waals surface area (Å²) < 4.78 is 1.04. The lowest BCUT2D eigenvalue weighted by atomic mass is 10.2. The SMILES string of the molecule is O=C(Nc1cccnc1N1CCCC1)N(Cc1cccc(Br)c1)C1CC1. The molecule has 0 spiro atoms. The molecule has 0 unspecified atom stereocenters. The van der Waals surface area contributed by atoms with Gasteiger partial charge in [-0.3, -0.25) is 0 Å². The number of carbonyl (C=O) groups is 1. The molecule has 1 aliphatic heterocycles. The molecule has 2 aromatic rings. The lowest BCUT2D eigenvalue weighted by Gasteiger charge is -2.25. The third kappa shape index (κ3) is 4.01. The second-order valence-corrected chi connectivity index (χ2v) is 7.90. The molecule has 1 aliphatic carbocycles. The van der Waals surface area contributed by atoms with E-state index in [0.29, 0.717) is 12.6 Å². The lowest BCUT2D eigenvalue weighted by Crippen LogP contribution is -2.36. The predicted octanol–water partition coefficient (Wildman–Crippen LogP) is 4.64. The molecule has 1 aromatic carbocycles. The minimum atomic E-state index is -0.0408. The summed E-state index contributed by atoms with van der Waals surface area (Å²) in [4.78, 5) is 21.7. The molecule has 0 atom stereocenters. The van der Waals surface area contributed by atoms with E-state index >= 15 is 0 Å². The largest absolute Gasteiger partial charge is 0.355 e. The van der Waals surface area contributed by atoms with E-state index in [1.165, 1.54) is 12.8 Å². The van der Waals surface area contributed by atoms with Gasteiger partial charge in [-0.05, 0) is 55.5 Å². The first-order valence-corrected chi connectivity index (χ1v) is 10.0. The van der Waals surface area contributed by atoms with Crippen molar-refractivity contribution in [2.45, 2.75) is 38.3 Å². The van der Waals surface area contributed by atoms with E-state index in [0.717, 1.165) is 47.5 Å². The van der Waals surface area contributed by atoms with Crippen LogP contribution in [0.2, 0.25) is 0 Å². The molecule has 136 valence electrons. The van der Waals surface area contributed by atoms with Crippen LogP contribution in [0.25, 0.3) is 0 Å². The number of carbonyl (C=O) groups excluding carboxylic acids is 1. The molecule has 0 radical (unpaired) electrons. The Morgan fingerprint density at radius 3 is 2.77 bits per heavy atom. The van der Waals surface area contributed by atoms with Crippen LogP contribution in [0.5, 0.6) is 0 Å². The number of nitrogens with zero attached hydrogens (tertiary/aromatic N) is 3. The average Bonchev–Trinajstić information content (AvgIpc) is 3.33. The third-order valence-corrected chi connectivity index (χ3v) is 5.42. The Morgan fingerprint density at radius 2 is 2.04 bits per heavy atom. The minimum Gasteiger partial charge on any atom is -0.355 e. The Labute approximate surface area is 162 Å². The highest BCUT2D eigenvalue weighted by molar-refractivity contribution is 9.10. The summed E-state index contributed by atoms with van der Waals surface area (Å²) in [5.41, 5.74) is 1.94. The molecule has 0 bridgehead atoms. The molecule has 2 amide bonds. The Kier molecular flexibility index (Phi) is 5.11. The zero-order chi connectivity index (χ0) is 17.9. The summed E-state index contributed by atoms with van der Waals surface area (Å²) in [6.45, 7) is 2.63. The molecule has 26 heavy (non-hydrogen) atoms. The highest BCUT2D eigenvalue weighted by Crippen LogP contribution is 2.31. The number of anilines is 2. The van der Waals surface area contributed by atoms with Gasteiger partial charge in [0.25, 0.3) is 0 Å². The molecule has 5 nitrogen and oxygen atoms in total. The number of aromatic nitrogens is 1. The molecule has 4 rings (SSSR count). The molecular formula is C20H23BrN4O. The number of hydrogen-bond acceptors (Lipinski definition) is 3. The second-order valence-electron chi connectivity index (χ2n) is 6.99. The van der Waals surface area contributed by atoms with Crippen LogP contribution < -0.4 is 10.2 Å². The standard InChI is InChI=1S/C20H23BrN4O/c21-16-6-3-5-15(13-16)14-25(17-8-9-17)20(26)23-18-7-4-10-22-19(18)24-11-1-2-12-24/h3-7,10,13,17H,1-2,8-9,11-12,14H2,(H,23,26). The zero-order valence-electron chi connectivity index (χ0n) is 14.7. The summed E-state index contributed by atoms with van der Waals surface area (Å²) in [5.74, 6) is 0.886. The van der Waals surface area contributed by atoms with Gasteiger partial charge in [-0.15, -0.1) is 0 Å².